The van der Waals surface area contributed by atoms with Crippen LogP contribution >= 0.6 is 0 Å². The first kappa shape index (κ1) is 22.7. The summed E-state index contributed by atoms with van der Waals surface area (Å²) in [5.74, 6) is 1.83. The molecule has 2 aliphatic rings. The number of hydrogen-bond acceptors (Lipinski definition) is 3. The largest absolute Gasteiger partial charge is 0.453 e. The summed E-state index contributed by atoms with van der Waals surface area (Å²) in [6, 6.07) is 24.3. The molecule has 0 aromatic heterocycles. The molecule has 0 saturated heterocycles. The van der Waals surface area contributed by atoms with E-state index in [9.17, 15) is 0 Å². The number of fused-ring (bicyclic) bond motifs is 4. The highest BCUT2D eigenvalue weighted by Gasteiger charge is 2.37. The Morgan fingerprint density at radius 1 is 0.667 bits per heavy atom. The van der Waals surface area contributed by atoms with Crippen molar-refractivity contribution in [2.45, 2.75) is 46.5 Å². The fraction of sp³-hybridized carbons (Fsp3) is 0.273. The number of ether oxygens (including phenoxy) is 1. The first-order chi connectivity index (χ1) is 17.1. The van der Waals surface area contributed by atoms with Gasteiger partial charge < -0.3 is 14.5 Å². The molecule has 4 aromatic rings. The second kappa shape index (κ2) is 7.89. The van der Waals surface area contributed by atoms with Crippen LogP contribution in [-0.4, -0.2) is 14.1 Å². The smallest absolute Gasteiger partial charge is 0.151 e. The van der Waals surface area contributed by atoms with E-state index in [1.807, 2.05) is 12.1 Å². The van der Waals surface area contributed by atoms with Gasteiger partial charge in [-0.2, -0.15) is 0 Å². The summed E-state index contributed by atoms with van der Waals surface area (Å²) in [5, 5.41) is 0. The average Bonchev–Trinajstić information content (AvgIpc) is 2.82. The molecule has 4 aromatic carbocycles. The van der Waals surface area contributed by atoms with E-state index >= 15 is 0 Å². The molecule has 0 fully saturated rings. The van der Waals surface area contributed by atoms with Gasteiger partial charge in [-0.1, -0.05) is 61.9 Å². The number of rotatable bonds is 2. The van der Waals surface area contributed by atoms with Crippen LogP contribution in [0.4, 0.5) is 22.7 Å². The summed E-state index contributed by atoms with van der Waals surface area (Å²) in [6.07, 6.45) is 0.871. The Bertz CT molecular complexity index is 1530. The van der Waals surface area contributed by atoms with Gasteiger partial charge in [-0.05, 0) is 84.8 Å². The van der Waals surface area contributed by atoms with E-state index in [2.05, 4.69) is 113 Å². The molecule has 3 heteroatoms. The molecule has 0 N–H and O–H groups in total. The zero-order valence-corrected chi connectivity index (χ0v) is 22.4. The Kier molecular flexibility index (Phi) is 4.98. The number of para-hydroxylation sites is 2. The van der Waals surface area contributed by atoms with Crippen molar-refractivity contribution in [2.24, 2.45) is 0 Å². The third kappa shape index (κ3) is 3.33. The molecule has 0 spiro atoms. The summed E-state index contributed by atoms with van der Waals surface area (Å²) in [5.41, 5.74) is 14.2. The van der Waals surface area contributed by atoms with Gasteiger partial charge in [0.15, 0.2) is 11.5 Å². The van der Waals surface area contributed by atoms with Crippen molar-refractivity contribution in [3.8, 4) is 11.5 Å². The molecular weight excluding hydrogens is 440 g/mol. The minimum absolute atomic E-state index is 0.0693. The lowest BCUT2D eigenvalue weighted by molar-refractivity contribution is 0.475. The molecule has 36 heavy (non-hydrogen) atoms. The molecule has 0 bridgehead atoms. The van der Waals surface area contributed by atoms with Crippen LogP contribution < -0.4 is 14.5 Å². The molecule has 0 atom stereocenters. The van der Waals surface area contributed by atoms with Crippen molar-refractivity contribution >= 4 is 22.7 Å². The number of nitrogens with zero attached hydrogens (tertiary/aromatic N) is 2. The van der Waals surface area contributed by atoms with Gasteiger partial charge in [0.05, 0.1) is 11.4 Å². The fourth-order valence-corrected chi connectivity index (χ4v) is 6.35. The fourth-order valence-electron chi connectivity index (χ4n) is 6.35. The zero-order chi connectivity index (χ0) is 25.4. The van der Waals surface area contributed by atoms with Gasteiger partial charge in [-0.15, -0.1) is 0 Å². The summed E-state index contributed by atoms with van der Waals surface area (Å²) >= 11 is 0. The van der Waals surface area contributed by atoms with E-state index in [0.29, 0.717) is 0 Å². The van der Waals surface area contributed by atoms with Crippen molar-refractivity contribution in [3.05, 3.63) is 106 Å². The lowest BCUT2D eigenvalue weighted by Gasteiger charge is -2.42. The van der Waals surface area contributed by atoms with Gasteiger partial charge in [0.1, 0.15) is 0 Å². The SMILES string of the molecule is Cc1cc(C)c2c(c1)C(C)(C)c1cc(Cc3ccc4c(c3)Oc3ccccc3N4C)cc(C)c1N2C. The number of aryl methyl sites for hydroxylation is 3. The van der Waals surface area contributed by atoms with E-state index in [-0.39, 0.29) is 5.41 Å². The quantitative estimate of drug-likeness (QED) is 0.290. The van der Waals surface area contributed by atoms with Crippen molar-refractivity contribution < 1.29 is 4.74 Å². The van der Waals surface area contributed by atoms with Crippen LogP contribution in [0.5, 0.6) is 11.5 Å². The van der Waals surface area contributed by atoms with Crippen molar-refractivity contribution in [1.29, 1.82) is 0 Å². The molecular formula is C33H34N2O. The summed E-state index contributed by atoms with van der Waals surface area (Å²) in [6.45, 7) is 11.4. The third-order valence-corrected chi connectivity index (χ3v) is 8.06. The van der Waals surface area contributed by atoms with Crippen LogP contribution in [0.15, 0.2) is 66.7 Å². The highest BCUT2D eigenvalue weighted by atomic mass is 16.5. The number of benzene rings is 4. The van der Waals surface area contributed by atoms with E-state index in [4.69, 9.17) is 4.74 Å². The molecule has 0 aliphatic carbocycles. The van der Waals surface area contributed by atoms with Crippen LogP contribution in [0, 0.1) is 20.8 Å². The van der Waals surface area contributed by atoms with E-state index in [1.54, 1.807) is 0 Å². The Balaban J connectivity index is 1.39. The first-order valence-electron chi connectivity index (χ1n) is 12.8. The minimum Gasteiger partial charge on any atom is -0.453 e. The average molecular weight is 475 g/mol. The summed E-state index contributed by atoms with van der Waals surface area (Å²) < 4.78 is 6.30. The van der Waals surface area contributed by atoms with Crippen molar-refractivity contribution in [2.75, 3.05) is 23.9 Å². The Labute approximate surface area is 215 Å². The van der Waals surface area contributed by atoms with E-state index in [0.717, 1.165) is 29.3 Å². The highest BCUT2D eigenvalue weighted by Crippen LogP contribution is 2.51. The predicted octanol–water partition coefficient (Wildman–Crippen LogP) is 8.48. The molecule has 0 unspecified atom stereocenters. The van der Waals surface area contributed by atoms with Gasteiger partial charge in [0.2, 0.25) is 0 Å². The van der Waals surface area contributed by atoms with Gasteiger partial charge >= 0.3 is 0 Å². The Hall–Kier alpha value is -3.72. The van der Waals surface area contributed by atoms with Gasteiger partial charge in [0, 0.05) is 30.9 Å². The van der Waals surface area contributed by atoms with Crippen LogP contribution in [-0.2, 0) is 11.8 Å². The van der Waals surface area contributed by atoms with Gasteiger partial charge in [-0.25, -0.2) is 0 Å². The zero-order valence-electron chi connectivity index (χ0n) is 22.4. The number of hydrogen-bond donors (Lipinski definition) is 0. The third-order valence-electron chi connectivity index (χ3n) is 8.06. The predicted molar refractivity (Wildman–Crippen MR) is 151 cm³/mol. The maximum atomic E-state index is 6.30. The molecule has 2 aliphatic heterocycles. The van der Waals surface area contributed by atoms with Crippen molar-refractivity contribution in [1.82, 2.24) is 0 Å². The van der Waals surface area contributed by atoms with Crippen LogP contribution in [0.25, 0.3) is 0 Å². The number of anilines is 4. The lowest BCUT2D eigenvalue weighted by atomic mass is 9.71. The minimum atomic E-state index is -0.0693. The second-order valence-electron chi connectivity index (χ2n) is 11.1. The molecule has 6 rings (SSSR count). The normalized spacial score (nSPS) is 15.0. The molecule has 3 nitrogen and oxygen atoms in total. The molecule has 2 heterocycles. The Morgan fingerprint density at radius 2 is 1.33 bits per heavy atom. The molecule has 0 saturated carbocycles. The van der Waals surface area contributed by atoms with Gasteiger partial charge in [0.25, 0.3) is 0 Å². The second-order valence-corrected chi connectivity index (χ2v) is 11.1. The van der Waals surface area contributed by atoms with Crippen LogP contribution in [0.2, 0.25) is 0 Å². The molecule has 182 valence electrons. The standard InChI is InChI=1S/C33H34N2O/c1-20-14-21(2)31-25(15-20)33(4,5)26-18-24(16-22(3)32(26)35(31)7)17-23-12-13-28-30(19-23)36-29-11-9-8-10-27(29)34(28)6/h8-16,18-19H,17H2,1-7H3. The monoisotopic (exact) mass is 474 g/mol. The van der Waals surface area contributed by atoms with Crippen LogP contribution in [0.1, 0.15) is 52.8 Å². The maximum Gasteiger partial charge on any atom is 0.151 e. The summed E-state index contributed by atoms with van der Waals surface area (Å²) in [7, 11) is 4.32. The van der Waals surface area contributed by atoms with Gasteiger partial charge in [-0.3, -0.25) is 0 Å². The van der Waals surface area contributed by atoms with E-state index < -0.39 is 0 Å². The summed E-state index contributed by atoms with van der Waals surface area (Å²) in [4.78, 5) is 4.62. The molecule has 0 radical (unpaired) electrons. The van der Waals surface area contributed by atoms with Crippen molar-refractivity contribution in [3.63, 3.8) is 0 Å². The molecule has 0 amide bonds. The van der Waals surface area contributed by atoms with E-state index in [1.165, 1.54) is 50.3 Å². The topological polar surface area (TPSA) is 15.7 Å². The Morgan fingerprint density at radius 3 is 2.11 bits per heavy atom. The first-order valence-corrected chi connectivity index (χ1v) is 12.8. The maximum absolute atomic E-state index is 6.30. The lowest BCUT2D eigenvalue weighted by Crippen LogP contribution is -2.32. The highest BCUT2D eigenvalue weighted by molar-refractivity contribution is 5.82. The van der Waals surface area contributed by atoms with Crippen LogP contribution in [0.3, 0.4) is 0 Å².